The molecular formula is C51H103NO8P+. The number of ether oxygens (including phenoxy) is 2. The number of rotatable bonds is 49. The first-order valence-electron chi connectivity index (χ1n) is 26.3. The van der Waals surface area contributed by atoms with Gasteiger partial charge in [-0.15, -0.1) is 0 Å². The van der Waals surface area contributed by atoms with Crippen LogP contribution in [0.15, 0.2) is 0 Å². The maximum Gasteiger partial charge on any atom is 0.472 e. The second-order valence-electron chi connectivity index (χ2n) is 19.3. The molecule has 0 radical (unpaired) electrons. The van der Waals surface area contributed by atoms with Gasteiger partial charge in [-0.25, -0.2) is 4.57 Å². The molecule has 1 N–H and O–H groups in total. The summed E-state index contributed by atoms with van der Waals surface area (Å²) in [5, 5.41) is 0. The number of carbonyl (C=O) groups excluding carboxylic acids is 2. The molecule has 0 saturated heterocycles. The minimum atomic E-state index is -4.37. The van der Waals surface area contributed by atoms with Gasteiger partial charge < -0.3 is 18.9 Å². The molecule has 0 aliphatic heterocycles. The Hall–Kier alpha value is -0.990. The van der Waals surface area contributed by atoms with E-state index in [9.17, 15) is 19.0 Å². The lowest BCUT2D eigenvalue weighted by Gasteiger charge is -2.24. The van der Waals surface area contributed by atoms with E-state index in [-0.39, 0.29) is 25.6 Å². The van der Waals surface area contributed by atoms with Gasteiger partial charge in [0, 0.05) is 12.8 Å². The van der Waals surface area contributed by atoms with Crippen molar-refractivity contribution in [3.05, 3.63) is 0 Å². The van der Waals surface area contributed by atoms with Crippen LogP contribution in [0.2, 0.25) is 0 Å². The van der Waals surface area contributed by atoms with Crippen LogP contribution in [0.5, 0.6) is 0 Å². The van der Waals surface area contributed by atoms with E-state index in [4.69, 9.17) is 18.5 Å². The summed E-state index contributed by atoms with van der Waals surface area (Å²) in [5.41, 5.74) is 0. The average Bonchev–Trinajstić information content (AvgIpc) is 3.21. The van der Waals surface area contributed by atoms with Gasteiger partial charge in [-0.2, -0.15) is 0 Å². The Morgan fingerprint density at radius 1 is 0.443 bits per heavy atom. The van der Waals surface area contributed by atoms with Crippen molar-refractivity contribution in [1.82, 2.24) is 0 Å². The van der Waals surface area contributed by atoms with E-state index in [2.05, 4.69) is 13.8 Å². The third-order valence-electron chi connectivity index (χ3n) is 11.9. The van der Waals surface area contributed by atoms with Crippen molar-refractivity contribution in [2.45, 2.75) is 270 Å². The fraction of sp³-hybridized carbons (Fsp3) is 0.961. The summed E-state index contributed by atoms with van der Waals surface area (Å²) in [6, 6.07) is 0. The first-order chi connectivity index (χ1) is 29.5. The predicted molar refractivity (Wildman–Crippen MR) is 257 cm³/mol. The van der Waals surface area contributed by atoms with Crippen molar-refractivity contribution in [1.29, 1.82) is 0 Å². The van der Waals surface area contributed by atoms with Crippen molar-refractivity contribution < 1.29 is 42.1 Å². The van der Waals surface area contributed by atoms with Crippen LogP contribution in [0.4, 0.5) is 0 Å². The van der Waals surface area contributed by atoms with Crippen molar-refractivity contribution in [3.8, 4) is 0 Å². The number of esters is 2. The molecule has 0 aromatic carbocycles. The molecule has 0 aromatic rings. The van der Waals surface area contributed by atoms with Crippen LogP contribution in [0.25, 0.3) is 0 Å². The number of hydrogen-bond acceptors (Lipinski definition) is 7. The zero-order valence-electron chi connectivity index (χ0n) is 41.2. The highest BCUT2D eigenvalue weighted by molar-refractivity contribution is 7.47. The lowest BCUT2D eigenvalue weighted by Crippen LogP contribution is -2.37. The van der Waals surface area contributed by atoms with E-state index in [1.807, 2.05) is 21.1 Å². The summed E-state index contributed by atoms with van der Waals surface area (Å²) in [6.45, 7) is 4.44. The number of nitrogens with zero attached hydrogens (tertiary/aromatic N) is 1. The summed E-state index contributed by atoms with van der Waals surface area (Å²) in [4.78, 5) is 35.3. The third-order valence-corrected chi connectivity index (χ3v) is 12.9. The summed E-state index contributed by atoms with van der Waals surface area (Å²) >= 11 is 0. The standard InChI is InChI=1S/C51H102NO8P/c1-6-8-10-12-14-16-17-18-19-20-21-22-23-24-25-26-27-28-29-30-31-32-33-34-35-36-38-40-42-44-51(54)60-49(48-59-61(55,56)58-46-45-52(3,4)5)47-57-50(53)43-41-39-37-15-13-11-9-7-2/h49H,6-48H2,1-5H3/p+1. The van der Waals surface area contributed by atoms with Gasteiger partial charge in [0.25, 0.3) is 0 Å². The first kappa shape index (κ1) is 60.0. The Kier molecular flexibility index (Phi) is 43.5. The van der Waals surface area contributed by atoms with Crippen LogP contribution in [-0.4, -0.2) is 74.9 Å². The van der Waals surface area contributed by atoms with Gasteiger partial charge in [-0.05, 0) is 12.8 Å². The van der Waals surface area contributed by atoms with E-state index in [0.717, 1.165) is 38.5 Å². The van der Waals surface area contributed by atoms with Gasteiger partial charge in [0.15, 0.2) is 6.10 Å². The molecule has 9 nitrogen and oxygen atoms in total. The van der Waals surface area contributed by atoms with E-state index in [1.54, 1.807) is 0 Å². The fourth-order valence-electron chi connectivity index (χ4n) is 7.78. The maximum atomic E-state index is 12.7. The SMILES string of the molecule is CCCCCCCCCCCCCCCCCCCCCCCCCCCCCCCC(=O)OC(COC(=O)CCCCCCCCCC)COP(=O)(O)OCC[N+](C)(C)C. The lowest BCUT2D eigenvalue weighted by atomic mass is 10.0. The molecule has 364 valence electrons. The summed E-state index contributed by atoms with van der Waals surface area (Å²) in [6.07, 6.45) is 47.7. The molecule has 0 saturated carbocycles. The Balaban J connectivity index is 3.94. The molecule has 0 amide bonds. The van der Waals surface area contributed by atoms with Gasteiger partial charge in [0.1, 0.15) is 19.8 Å². The maximum absolute atomic E-state index is 12.7. The van der Waals surface area contributed by atoms with Gasteiger partial charge >= 0.3 is 19.8 Å². The molecular weight excluding hydrogens is 786 g/mol. The summed E-state index contributed by atoms with van der Waals surface area (Å²) in [5.74, 6) is -0.786. The molecule has 0 spiro atoms. The lowest BCUT2D eigenvalue weighted by molar-refractivity contribution is -0.870. The molecule has 0 aliphatic rings. The highest BCUT2D eigenvalue weighted by atomic mass is 31.2. The van der Waals surface area contributed by atoms with Crippen LogP contribution in [0.1, 0.15) is 264 Å². The molecule has 2 unspecified atom stereocenters. The monoisotopic (exact) mass is 889 g/mol. The molecule has 0 aromatic heterocycles. The number of unbranched alkanes of at least 4 members (excludes halogenated alkanes) is 35. The van der Waals surface area contributed by atoms with Crippen molar-refractivity contribution >= 4 is 19.8 Å². The quantitative estimate of drug-likeness (QED) is 0.0278. The smallest absolute Gasteiger partial charge is 0.462 e. The third kappa shape index (κ3) is 48.3. The highest BCUT2D eigenvalue weighted by Gasteiger charge is 2.27. The van der Waals surface area contributed by atoms with E-state index in [1.165, 1.54) is 199 Å². The Morgan fingerprint density at radius 2 is 0.738 bits per heavy atom. The fourth-order valence-corrected chi connectivity index (χ4v) is 8.52. The summed E-state index contributed by atoms with van der Waals surface area (Å²) < 4.78 is 34.3. The minimum Gasteiger partial charge on any atom is -0.462 e. The predicted octanol–water partition coefficient (Wildman–Crippen LogP) is 15.5. The van der Waals surface area contributed by atoms with Crippen LogP contribution >= 0.6 is 7.82 Å². The first-order valence-corrected chi connectivity index (χ1v) is 27.8. The molecule has 0 rings (SSSR count). The van der Waals surface area contributed by atoms with E-state index >= 15 is 0 Å². The number of carbonyl (C=O) groups is 2. The number of hydrogen-bond donors (Lipinski definition) is 1. The van der Waals surface area contributed by atoms with Gasteiger partial charge in [-0.3, -0.25) is 18.6 Å². The van der Waals surface area contributed by atoms with Crippen LogP contribution in [0.3, 0.4) is 0 Å². The Morgan fingerprint density at radius 3 is 1.05 bits per heavy atom. The number of quaternary nitrogens is 1. The second kappa shape index (κ2) is 44.2. The van der Waals surface area contributed by atoms with Gasteiger partial charge in [0.2, 0.25) is 0 Å². The van der Waals surface area contributed by atoms with E-state index < -0.39 is 26.5 Å². The number of likely N-dealkylation sites (N-methyl/N-ethyl adjacent to an activating group) is 1. The Labute approximate surface area is 378 Å². The Bertz CT molecular complexity index is 1010. The molecule has 0 bridgehead atoms. The van der Waals surface area contributed by atoms with Crippen LogP contribution in [-0.2, 0) is 32.7 Å². The number of phosphoric ester groups is 1. The van der Waals surface area contributed by atoms with Crippen LogP contribution < -0.4 is 0 Å². The average molecular weight is 889 g/mol. The largest absolute Gasteiger partial charge is 0.472 e. The molecule has 61 heavy (non-hydrogen) atoms. The topological polar surface area (TPSA) is 108 Å². The summed E-state index contributed by atoms with van der Waals surface area (Å²) in [7, 11) is 1.49. The molecule has 0 heterocycles. The second-order valence-corrected chi connectivity index (χ2v) is 20.7. The minimum absolute atomic E-state index is 0.0367. The number of phosphoric acid groups is 1. The molecule has 2 atom stereocenters. The zero-order chi connectivity index (χ0) is 45.0. The zero-order valence-corrected chi connectivity index (χ0v) is 42.1. The highest BCUT2D eigenvalue weighted by Crippen LogP contribution is 2.43. The van der Waals surface area contributed by atoms with Gasteiger partial charge in [0.05, 0.1) is 27.7 Å². The molecule has 10 heteroatoms. The molecule has 0 aliphatic carbocycles. The van der Waals surface area contributed by atoms with E-state index in [0.29, 0.717) is 17.4 Å². The van der Waals surface area contributed by atoms with Gasteiger partial charge in [-0.1, -0.05) is 239 Å². The van der Waals surface area contributed by atoms with Crippen molar-refractivity contribution in [2.75, 3.05) is 47.5 Å². The van der Waals surface area contributed by atoms with Crippen molar-refractivity contribution in [3.63, 3.8) is 0 Å². The van der Waals surface area contributed by atoms with Crippen molar-refractivity contribution in [2.24, 2.45) is 0 Å². The normalized spacial score (nSPS) is 13.3. The molecule has 0 fully saturated rings. The van der Waals surface area contributed by atoms with Crippen LogP contribution in [0, 0.1) is 0 Å².